The molecule has 5 heteroatoms. The van der Waals surface area contributed by atoms with E-state index in [1.807, 2.05) is 36.2 Å². The van der Waals surface area contributed by atoms with E-state index in [0.29, 0.717) is 19.8 Å². The molecule has 1 aromatic rings. The lowest BCUT2D eigenvalue weighted by molar-refractivity contribution is -0.180. The number of benzene rings is 1. The van der Waals surface area contributed by atoms with Gasteiger partial charge >= 0.3 is 5.97 Å². The van der Waals surface area contributed by atoms with Gasteiger partial charge in [0.25, 0.3) is 0 Å². The Bertz CT molecular complexity index is 457. The zero-order valence-electron chi connectivity index (χ0n) is 11.5. The van der Waals surface area contributed by atoms with Crippen LogP contribution in [0.5, 0.6) is 5.75 Å². The van der Waals surface area contributed by atoms with Gasteiger partial charge in [-0.05, 0) is 12.1 Å². The van der Waals surface area contributed by atoms with E-state index < -0.39 is 5.41 Å². The second-order valence-corrected chi connectivity index (χ2v) is 4.79. The highest BCUT2D eigenvalue weighted by Gasteiger charge is 2.48. The average molecular weight is 265 g/mol. The lowest BCUT2D eigenvalue weighted by atomic mass is 9.85. The van der Waals surface area contributed by atoms with Crippen LogP contribution < -0.4 is 9.64 Å². The van der Waals surface area contributed by atoms with Crippen LogP contribution in [0.25, 0.3) is 0 Å². The first-order valence-corrected chi connectivity index (χ1v) is 6.13. The van der Waals surface area contributed by atoms with Crippen LogP contribution in [0.2, 0.25) is 0 Å². The van der Waals surface area contributed by atoms with E-state index in [-0.39, 0.29) is 5.97 Å². The Morgan fingerprint density at radius 2 is 2.05 bits per heavy atom. The van der Waals surface area contributed by atoms with Crippen LogP contribution in [0.15, 0.2) is 24.3 Å². The number of carbonyl (C=O) groups is 1. The van der Waals surface area contributed by atoms with E-state index in [1.165, 1.54) is 7.11 Å². The van der Waals surface area contributed by atoms with Crippen LogP contribution in [0, 0.1) is 5.41 Å². The molecule has 1 aliphatic heterocycles. The van der Waals surface area contributed by atoms with Gasteiger partial charge in [-0.3, -0.25) is 4.79 Å². The van der Waals surface area contributed by atoms with Gasteiger partial charge in [0.2, 0.25) is 0 Å². The van der Waals surface area contributed by atoms with Gasteiger partial charge in [-0.15, -0.1) is 0 Å². The van der Waals surface area contributed by atoms with E-state index in [9.17, 15) is 4.79 Å². The first kappa shape index (κ1) is 13.7. The molecule has 0 spiro atoms. The van der Waals surface area contributed by atoms with Gasteiger partial charge < -0.3 is 19.1 Å². The molecule has 0 N–H and O–H groups in total. The fourth-order valence-electron chi connectivity index (χ4n) is 2.32. The number of carbonyl (C=O) groups excluding carboxylic acids is 1. The molecular formula is C14H19NO4. The molecule has 0 atom stereocenters. The van der Waals surface area contributed by atoms with Crippen molar-refractivity contribution in [2.45, 2.75) is 0 Å². The number of rotatable bonds is 5. The number of anilines is 1. The smallest absolute Gasteiger partial charge is 0.318 e. The predicted octanol–water partition coefficient (Wildman–Crippen LogP) is 1.32. The average Bonchev–Trinajstić information content (AvgIpc) is 2.41. The topological polar surface area (TPSA) is 48.0 Å². The zero-order valence-corrected chi connectivity index (χ0v) is 11.5. The number of methoxy groups -OCH3 is 2. The van der Waals surface area contributed by atoms with Gasteiger partial charge in [0.1, 0.15) is 11.2 Å². The van der Waals surface area contributed by atoms with Crippen LogP contribution in [0.4, 0.5) is 5.69 Å². The van der Waals surface area contributed by atoms with Gasteiger partial charge in [0.15, 0.2) is 0 Å². The number of hydrogen-bond acceptors (Lipinski definition) is 5. The van der Waals surface area contributed by atoms with Crippen molar-refractivity contribution in [1.29, 1.82) is 0 Å². The van der Waals surface area contributed by atoms with Gasteiger partial charge in [0.05, 0.1) is 33.1 Å². The minimum absolute atomic E-state index is 0.222. The van der Waals surface area contributed by atoms with Crippen molar-refractivity contribution in [3.05, 3.63) is 24.3 Å². The Morgan fingerprint density at radius 1 is 1.37 bits per heavy atom. The highest BCUT2D eigenvalue weighted by molar-refractivity contribution is 5.79. The zero-order chi connectivity index (χ0) is 13.9. The van der Waals surface area contributed by atoms with Gasteiger partial charge in [-0.2, -0.15) is 0 Å². The van der Waals surface area contributed by atoms with Crippen LogP contribution in [0.1, 0.15) is 0 Å². The van der Waals surface area contributed by atoms with E-state index in [2.05, 4.69) is 0 Å². The summed E-state index contributed by atoms with van der Waals surface area (Å²) in [5.74, 6) is 0.561. The minimum Gasteiger partial charge on any atom is -0.495 e. The lowest BCUT2D eigenvalue weighted by Crippen LogP contribution is -2.56. The molecule has 1 aromatic carbocycles. The largest absolute Gasteiger partial charge is 0.495 e. The summed E-state index contributed by atoms with van der Waals surface area (Å²) < 4.78 is 15.4. The molecule has 0 aliphatic carbocycles. The molecule has 0 saturated carbocycles. The van der Waals surface area contributed by atoms with Crippen molar-refractivity contribution in [2.24, 2.45) is 5.41 Å². The van der Waals surface area contributed by atoms with Crippen molar-refractivity contribution in [3.63, 3.8) is 0 Å². The Balaban J connectivity index is 2.16. The van der Waals surface area contributed by atoms with E-state index in [1.54, 1.807) is 7.11 Å². The van der Waals surface area contributed by atoms with Crippen molar-refractivity contribution in [3.8, 4) is 5.75 Å². The molecule has 0 unspecified atom stereocenters. The standard InChI is InChI=1S/C14H19NO4/c1-15(11-6-4-5-7-12(11)17-2)8-14(9-19-10-14)13(16)18-3/h4-7H,8-10H2,1-3H3. The van der Waals surface area contributed by atoms with Crippen LogP contribution in [0.3, 0.4) is 0 Å². The Kier molecular flexibility index (Phi) is 3.95. The normalized spacial score (nSPS) is 16.4. The van der Waals surface area contributed by atoms with E-state index in [0.717, 1.165) is 11.4 Å². The summed E-state index contributed by atoms with van der Waals surface area (Å²) in [6.07, 6.45) is 0. The van der Waals surface area contributed by atoms with Crippen molar-refractivity contribution in [1.82, 2.24) is 0 Å². The molecule has 19 heavy (non-hydrogen) atoms. The van der Waals surface area contributed by atoms with Crippen molar-refractivity contribution >= 4 is 11.7 Å². The number of para-hydroxylation sites is 2. The van der Waals surface area contributed by atoms with E-state index in [4.69, 9.17) is 14.2 Å². The Labute approximate surface area is 113 Å². The molecule has 1 aliphatic rings. The summed E-state index contributed by atoms with van der Waals surface area (Å²) in [5, 5.41) is 0. The van der Waals surface area contributed by atoms with Gasteiger partial charge in [-0.1, -0.05) is 12.1 Å². The maximum Gasteiger partial charge on any atom is 0.318 e. The molecule has 0 aromatic heterocycles. The molecule has 1 fully saturated rings. The van der Waals surface area contributed by atoms with Gasteiger partial charge in [-0.25, -0.2) is 0 Å². The fourth-order valence-corrected chi connectivity index (χ4v) is 2.32. The highest BCUT2D eigenvalue weighted by atomic mass is 16.5. The Hall–Kier alpha value is -1.75. The summed E-state index contributed by atoms with van der Waals surface area (Å²) in [6.45, 7) is 1.35. The van der Waals surface area contributed by atoms with Crippen LogP contribution in [-0.2, 0) is 14.3 Å². The molecule has 0 bridgehead atoms. The molecule has 5 nitrogen and oxygen atoms in total. The first-order valence-electron chi connectivity index (χ1n) is 6.13. The fraction of sp³-hybridized carbons (Fsp3) is 0.500. The van der Waals surface area contributed by atoms with Crippen LogP contribution >= 0.6 is 0 Å². The first-order chi connectivity index (χ1) is 9.13. The number of esters is 1. The van der Waals surface area contributed by atoms with E-state index >= 15 is 0 Å². The molecule has 104 valence electrons. The summed E-state index contributed by atoms with van der Waals surface area (Å²) in [6, 6.07) is 7.71. The lowest BCUT2D eigenvalue weighted by Gasteiger charge is -2.41. The summed E-state index contributed by atoms with van der Waals surface area (Å²) >= 11 is 0. The summed E-state index contributed by atoms with van der Waals surface area (Å²) in [7, 11) is 4.97. The second kappa shape index (κ2) is 5.48. The van der Waals surface area contributed by atoms with Crippen LogP contribution in [-0.4, -0.2) is 47.0 Å². The molecule has 1 heterocycles. The molecular weight excluding hydrogens is 246 g/mol. The third kappa shape index (κ3) is 2.51. The molecule has 2 rings (SSSR count). The maximum atomic E-state index is 11.9. The monoisotopic (exact) mass is 265 g/mol. The third-order valence-electron chi connectivity index (χ3n) is 3.41. The predicted molar refractivity (Wildman–Crippen MR) is 71.5 cm³/mol. The molecule has 0 radical (unpaired) electrons. The maximum absolute atomic E-state index is 11.9. The third-order valence-corrected chi connectivity index (χ3v) is 3.41. The van der Waals surface area contributed by atoms with Crippen molar-refractivity contribution < 1.29 is 19.0 Å². The number of nitrogens with zero attached hydrogens (tertiary/aromatic N) is 1. The highest BCUT2D eigenvalue weighted by Crippen LogP contribution is 2.34. The van der Waals surface area contributed by atoms with Crippen molar-refractivity contribution in [2.75, 3.05) is 45.9 Å². The second-order valence-electron chi connectivity index (χ2n) is 4.79. The Morgan fingerprint density at radius 3 is 2.58 bits per heavy atom. The summed E-state index contributed by atoms with van der Waals surface area (Å²) in [5.41, 5.74) is 0.379. The minimum atomic E-state index is -0.565. The summed E-state index contributed by atoms with van der Waals surface area (Å²) in [4.78, 5) is 13.9. The number of hydrogen-bond donors (Lipinski definition) is 0. The quantitative estimate of drug-likeness (QED) is 0.751. The SMILES string of the molecule is COC(=O)C1(CN(C)c2ccccc2OC)COC1. The molecule has 1 saturated heterocycles. The van der Waals surface area contributed by atoms with Gasteiger partial charge in [0, 0.05) is 13.6 Å². The molecule has 0 amide bonds. The number of ether oxygens (including phenoxy) is 3.